The van der Waals surface area contributed by atoms with Crippen LogP contribution in [0.15, 0.2) is 30.6 Å². The molecule has 0 spiro atoms. The number of nitrogens with one attached hydrogen (secondary N) is 2. The third-order valence-electron chi connectivity index (χ3n) is 2.53. The Balaban J connectivity index is 1.89. The molecule has 0 unspecified atom stereocenters. The fourth-order valence-corrected chi connectivity index (χ4v) is 1.65. The number of rotatable bonds is 5. The van der Waals surface area contributed by atoms with Crippen LogP contribution in [0.5, 0.6) is 0 Å². The zero-order chi connectivity index (χ0) is 11.2. The molecule has 2 heterocycles. The minimum atomic E-state index is 0.791. The summed E-state index contributed by atoms with van der Waals surface area (Å²) in [6.45, 7) is 3.73. The van der Waals surface area contributed by atoms with Crippen molar-refractivity contribution in [3.05, 3.63) is 47.5 Å². The summed E-state index contributed by atoms with van der Waals surface area (Å²) in [6, 6.07) is 6.07. The molecule has 0 aromatic carbocycles. The summed E-state index contributed by atoms with van der Waals surface area (Å²) in [5, 5.41) is 10.2. The van der Waals surface area contributed by atoms with Crippen molar-refractivity contribution in [1.82, 2.24) is 20.5 Å². The first-order valence-electron chi connectivity index (χ1n) is 5.52. The van der Waals surface area contributed by atoms with Crippen LogP contribution >= 0.6 is 0 Å². The van der Waals surface area contributed by atoms with Gasteiger partial charge in [-0.3, -0.25) is 10.1 Å². The van der Waals surface area contributed by atoms with E-state index in [1.165, 1.54) is 5.56 Å². The molecular formula is C12H16N4. The van der Waals surface area contributed by atoms with Gasteiger partial charge in [-0.15, -0.1) is 0 Å². The van der Waals surface area contributed by atoms with Gasteiger partial charge in [0.15, 0.2) is 0 Å². The van der Waals surface area contributed by atoms with E-state index in [1.807, 2.05) is 18.3 Å². The van der Waals surface area contributed by atoms with Crippen LogP contribution in [-0.2, 0) is 19.5 Å². The molecule has 0 fully saturated rings. The van der Waals surface area contributed by atoms with Crippen molar-refractivity contribution < 1.29 is 0 Å². The molecule has 0 amide bonds. The predicted molar refractivity (Wildman–Crippen MR) is 62.7 cm³/mol. The third-order valence-corrected chi connectivity index (χ3v) is 2.53. The minimum Gasteiger partial charge on any atom is -0.306 e. The molecule has 0 aliphatic rings. The van der Waals surface area contributed by atoms with Gasteiger partial charge in [0, 0.05) is 31.2 Å². The highest BCUT2D eigenvalue weighted by Gasteiger charge is 2.00. The topological polar surface area (TPSA) is 53.6 Å². The average Bonchev–Trinajstić information content (AvgIpc) is 2.83. The quantitative estimate of drug-likeness (QED) is 0.799. The van der Waals surface area contributed by atoms with E-state index in [9.17, 15) is 0 Å². The van der Waals surface area contributed by atoms with Crippen LogP contribution in [0.1, 0.15) is 23.9 Å². The summed E-state index contributed by atoms with van der Waals surface area (Å²) in [4.78, 5) is 4.38. The van der Waals surface area contributed by atoms with E-state index in [-0.39, 0.29) is 0 Å². The molecule has 84 valence electrons. The number of aryl methyl sites for hydroxylation is 1. The summed E-state index contributed by atoms with van der Waals surface area (Å²) in [5.74, 6) is 0. The first kappa shape index (κ1) is 10.8. The van der Waals surface area contributed by atoms with Gasteiger partial charge in [-0.05, 0) is 24.1 Å². The predicted octanol–water partition coefficient (Wildman–Crippen LogP) is 1.66. The maximum Gasteiger partial charge on any atom is 0.0573 e. The van der Waals surface area contributed by atoms with E-state index in [1.54, 1.807) is 6.20 Å². The summed E-state index contributed by atoms with van der Waals surface area (Å²) in [5.41, 5.74) is 3.53. The Morgan fingerprint density at radius 3 is 2.94 bits per heavy atom. The molecule has 0 saturated heterocycles. The SMILES string of the molecule is CCc1cccnc1CNCc1ccn[nH]1. The zero-order valence-electron chi connectivity index (χ0n) is 9.40. The van der Waals surface area contributed by atoms with Crippen LogP contribution in [0.3, 0.4) is 0 Å². The molecule has 0 radical (unpaired) electrons. The molecule has 0 aliphatic heterocycles. The second-order valence-corrected chi connectivity index (χ2v) is 3.65. The van der Waals surface area contributed by atoms with Gasteiger partial charge >= 0.3 is 0 Å². The van der Waals surface area contributed by atoms with E-state index in [2.05, 4.69) is 33.5 Å². The molecular weight excluding hydrogens is 200 g/mol. The Morgan fingerprint density at radius 2 is 2.19 bits per heavy atom. The molecule has 0 bridgehead atoms. The maximum atomic E-state index is 4.38. The van der Waals surface area contributed by atoms with Gasteiger partial charge in [0.1, 0.15) is 0 Å². The molecule has 2 aromatic heterocycles. The second kappa shape index (κ2) is 5.42. The Hall–Kier alpha value is -1.68. The zero-order valence-corrected chi connectivity index (χ0v) is 9.40. The Bertz CT molecular complexity index is 422. The van der Waals surface area contributed by atoms with Crippen molar-refractivity contribution in [2.24, 2.45) is 0 Å². The number of aromatic nitrogens is 3. The van der Waals surface area contributed by atoms with E-state index < -0.39 is 0 Å². The molecule has 2 aromatic rings. The molecule has 2 rings (SSSR count). The number of hydrogen-bond donors (Lipinski definition) is 2. The highest BCUT2D eigenvalue weighted by atomic mass is 15.1. The lowest BCUT2D eigenvalue weighted by Crippen LogP contribution is -2.15. The van der Waals surface area contributed by atoms with Crippen molar-refractivity contribution in [1.29, 1.82) is 0 Å². The normalized spacial score (nSPS) is 10.6. The first-order chi connectivity index (χ1) is 7.90. The summed E-state index contributed by atoms with van der Waals surface area (Å²) >= 11 is 0. The summed E-state index contributed by atoms with van der Waals surface area (Å²) in [6.07, 6.45) is 4.62. The van der Waals surface area contributed by atoms with E-state index in [0.29, 0.717) is 0 Å². The first-order valence-corrected chi connectivity index (χ1v) is 5.52. The largest absolute Gasteiger partial charge is 0.306 e. The molecule has 16 heavy (non-hydrogen) atoms. The van der Waals surface area contributed by atoms with Crippen molar-refractivity contribution in [3.63, 3.8) is 0 Å². The number of hydrogen-bond acceptors (Lipinski definition) is 3. The maximum absolute atomic E-state index is 4.38. The highest BCUT2D eigenvalue weighted by molar-refractivity contribution is 5.19. The second-order valence-electron chi connectivity index (χ2n) is 3.65. The van der Waals surface area contributed by atoms with Crippen molar-refractivity contribution in [3.8, 4) is 0 Å². The van der Waals surface area contributed by atoms with Crippen LogP contribution in [0.4, 0.5) is 0 Å². The van der Waals surface area contributed by atoms with Crippen LogP contribution in [0, 0.1) is 0 Å². The van der Waals surface area contributed by atoms with Gasteiger partial charge in [0.05, 0.1) is 5.69 Å². The Labute approximate surface area is 95.1 Å². The highest BCUT2D eigenvalue weighted by Crippen LogP contribution is 2.05. The standard InChI is InChI=1S/C12H16N4/c1-2-10-4-3-6-14-12(10)9-13-8-11-5-7-15-16-11/h3-7,13H,2,8-9H2,1H3,(H,15,16). The molecule has 4 heteroatoms. The van der Waals surface area contributed by atoms with Crippen LogP contribution in [0.25, 0.3) is 0 Å². The van der Waals surface area contributed by atoms with Gasteiger partial charge in [-0.25, -0.2) is 0 Å². The summed E-state index contributed by atoms with van der Waals surface area (Å²) in [7, 11) is 0. The van der Waals surface area contributed by atoms with Gasteiger partial charge in [0.2, 0.25) is 0 Å². The number of nitrogens with zero attached hydrogens (tertiary/aromatic N) is 2. The van der Waals surface area contributed by atoms with Crippen molar-refractivity contribution >= 4 is 0 Å². The van der Waals surface area contributed by atoms with Gasteiger partial charge < -0.3 is 5.32 Å². The molecule has 2 N–H and O–H groups in total. The molecule has 0 saturated carbocycles. The van der Waals surface area contributed by atoms with Crippen LogP contribution in [0.2, 0.25) is 0 Å². The lowest BCUT2D eigenvalue weighted by Gasteiger charge is -2.07. The number of pyridine rings is 1. The lowest BCUT2D eigenvalue weighted by atomic mass is 10.1. The van der Waals surface area contributed by atoms with Gasteiger partial charge in [-0.2, -0.15) is 5.10 Å². The fraction of sp³-hybridized carbons (Fsp3) is 0.333. The monoisotopic (exact) mass is 216 g/mol. The average molecular weight is 216 g/mol. The smallest absolute Gasteiger partial charge is 0.0573 e. The van der Waals surface area contributed by atoms with E-state index >= 15 is 0 Å². The number of aromatic amines is 1. The van der Waals surface area contributed by atoms with E-state index in [0.717, 1.165) is 30.9 Å². The molecule has 0 atom stereocenters. The van der Waals surface area contributed by atoms with Crippen LogP contribution in [-0.4, -0.2) is 15.2 Å². The Kier molecular flexibility index (Phi) is 3.66. The van der Waals surface area contributed by atoms with Crippen molar-refractivity contribution in [2.45, 2.75) is 26.4 Å². The lowest BCUT2D eigenvalue weighted by molar-refractivity contribution is 0.660. The van der Waals surface area contributed by atoms with E-state index in [4.69, 9.17) is 0 Å². The molecule has 0 aliphatic carbocycles. The Morgan fingerprint density at radius 1 is 1.25 bits per heavy atom. The van der Waals surface area contributed by atoms with Gasteiger partial charge in [0.25, 0.3) is 0 Å². The number of H-pyrrole nitrogens is 1. The third kappa shape index (κ3) is 2.67. The van der Waals surface area contributed by atoms with Gasteiger partial charge in [-0.1, -0.05) is 13.0 Å². The van der Waals surface area contributed by atoms with Crippen LogP contribution < -0.4 is 5.32 Å². The summed E-state index contributed by atoms with van der Waals surface area (Å²) < 4.78 is 0. The van der Waals surface area contributed by atoms with Crippen molar-refractivity contribution in [2.75, 3.05) is 0 Å². The molecule has 4 nitrogen and oxygen atoms in total. The fourth-order valence-electron chi connectivity index (χ4n) is 1.65. The minimum absolute atomic E-state index is 0.791.